The number of rotatable bonds is 7. The zero-order valence-corrected chi connectivity index (χ0v) is 11.4. The molecular weight excluding hydrogens is 246 g/mol. The van der Waals surface area contributed by atoms with Gasteiger partial charge in [0.05, 0.1) is 6.61 Å². The van der Waals surface area contributed by atoms with Crippen molar-refractivity contribution in [3.8, 4) is 5.75 Å². The topological polar surface area (TPSA) is 75.6 Å². The number of ether oxygens (including phenoxy) is 1. The van der Waals surface area contributed by atoms with Gasteiger partial charge in [0.1, 0.15) is 11.8 Å². The van der Waals surface area contributed by atoms with Crippen LogP contribution in [0.15, 0.2) is 18.2 Å². The van der Waals surface area contributed by atoms with Crippen LogP contribution in [-0.4, -0.2) is 29.5 Å². The molecule has 19 heavy (non-hydrogen) atoms. The number of benzene rings is 1. The number of carbonyl (C=O) groups excluding carboxylic acids is 1. The van der Waals surface area contributed by atoms with E-state index in [2.05, 4.69) is 5.32 Å². The maximum absolute atomic E-state index is 11.4. The predicted molar refractivity (Wildman–Crippen MR) is 71.6 cm³/mol. The average molecular weight is 265 g/mol. The Hall–Kier alpha value is -1.88. The third-order valence-electron chi connectivity index (χ3n) is 2.74. The lowest BCUT2D eigenvalue weighted by Gasteiger charge is -2.14. The number of ketones is 1. The van der Waals surface area contributed by atoms with Crippen molar-refractivity contribution in [1.82, 2.24) is 5.32 Å². The van der Waals surface area contributed by atoms with E-state index in [0.29, 0.717) is 24.5 Å². The molecule has 2 N–H and O–H groups in total. The molecule has 0 amide bonds. The van der Waals surface area contributed by atoms with E-state index in [4.69, 9.17) is 9.84 Å². The molecule has 0 saturated heterocycles. The molecule has 0 bridgehead atoms. The summed E-state index contributed by atoms with van der Waals surface area (Å²) in [6.45, 7) is 5.78. The first-order valence-corrected chi connectivity index (χ1v) is 6.18. The minimum atomic E-state index is -0.916. The van der Waals surface area contributed by atoms with Crippen LogP contribution in [0.3, 0.4) is 0 Å². The van der Waals surface area contributed by atoms with Gasteiger partial charge in [-0.3, -0.25) is 9.59 Å². The second-order valence-electron chi connectivity index (χ2n) is 4.25. The number of carbonyl (C=O) groups is 2. The van der Waals surface area contributed by atoms with Crippen LogP contribution >= 0.6 is 0 Å². The maximum Gasteiger partial charge on any atom is 0.320 e. The Morgan fingerprint density at radius 1 is 1.42 bits per heavy atom. The molecule has 0 aliphatic carbocycles. The van der Waals surface area contributed by atoms with E-state index in [1.807, 2.05) is 6.92 Å². The molecule has 0 saturated carbocycles. The van der Waals surface area contributed by atoms with Crippen molar-refractivity contribution in [2.45, 2.75) is 33.4 Å². The van der Waals surface area contributed by atoms with E-state index < -0.39 is 12.0 Å². The van der Waals surface area contributed by atoms with Crippen LogP contribution in [0.25, 0.3) is 0 Å². The van der Waals surface area contributed by atoms with Crippen LogP contribution in [0.5, 0.6) is 5.75 Å². The molecule has 5 heteroatoms. The Kier molecular flexibility index (Phi) is 5.51. The van der Waals surface area contributed by atoms with Crippen LogP contribution in [0.1, 0.15) is 36.7 Å². The van der Waals surface area contributed by atoms with Gasteiger partial charge in [-0.25, -0.2) is 0 Å². The molecular formula is C14H19NO4. The predicted octanol–water partition coefficient (Wildman–Crippen LogP) is 1.85. The maximum atomic E-state index is 11.4. The third-order valence-corrected chi connectivity index (χ3v) is 2.74. The number of carboxylic acid groups (broad SMARTS) is 1. The van der Waals surface area contributed by atoms with Gasteiger partial charge in [-0.15, -0.1) is 0 Å². The molecule has 1 aromatic rings. The summed E-state index contributed by atoms with van der Waals surface area (Å²) >= 11 is 0. The normalized spacial score (nSPS) is 11.9. The number of aliphatic carboxylic acids is 1. The molecule has 0 spiro atoms. The molecule has 0 heterocycles. The second-order valence-corrected chi connectivity index (χ2v) is 4.25. The third kappa shape index (κ3) is 4.37. The van der Waals surface area contributed by atoms with Crippen molar-refractivity contribution in [2.24, 2.45) is 0 Å². The van der Waals surface area contributed by atoms with Gasteiger partial charge in [0.25, 0.3) is 0 Å². The summed E-state index contributed by atoms with van der Waals surface area (Å²) in [5, 5.41) is 11.7. The minimum absolute atomic E-state index is 0.0319. The van der Waals surface area contributed by atoms with Gasteiger partial charge in [0, 0.05) is 17.7 Å². The second kappa shape index (κ2) is 6.89. The Morgan fingerprint density at radius 2 is 2.11 bits per heavy atom. The molecule has 0 aliphatic heterocycles. The molecule has 0 radical (unpaired) electrons. The molecule has 1 rings (SSSR count). The lowest BCUT2D eigenvalue weighted by molar-refractivity contribution is -0.139. The van der Waals surface area contributed by atoms with Crippen molar-refractivity contribution in [3.63, 3.8) is 0 Å². The summed E-state index contributed by atoms with van der Waals surface area (Å²) in [4.78, 5) is 22.1. The van der Waals surface area contributed by atoms with Gasteiger partial charge in [0.15, 0.2) is 5.78 Å². The van der Waals surface area contributed by atoms with E-state index in [1.165, 1.54) is 6.92 Å². The van der Waals surface area contributed by atoms with E-state index in [-0.39, 0.29) is 5.78 Å². The lowest BCUT2D eigenvalue weighted by Crippen LogP contribution is -2.33. The highest BCUT2D eigenvalue weighted by atomic mass is 16.5. The van der Waals surface area contributed by atoms with E-state index in [1.54, 1.807) is 25.1 Å². The zero-order chi connectivity index (χ0) is 14.4. The molecule has 0 unspecified atom stereocenters. The highest BCUT2D eigenvalue weighted by Crippen LogP contribution is 2.20. The fraction of sp³-hybridized carbons (Fsp3) is 0.429. The van der Waals surface area contributed by atoms with Crippen molar-refractivity contribution >= 4 is 11.8 Å². The van der Waals surface area contributed by atoms with Crippen molar-refractivity contribution in [3.05, 3.63) is 29.3 Å². The Balaban J connectivity index is 2.90. The summed E-state index contributed by atoms with van der Waals surface area (Å²) in [6.07, 6.45) is 0. The highest BCUT2D eigenvalue weighted by molar-refractivity contribution is 5.94. The van der Waals surface area contributed by atoms with Gasteiger partial charge in [-0.1, -0.05) is 0 Å². The number of hydrogen-bond acceptors (Lipinski definition) is 4. The SMILES string of the molecule is CCOc1ccc(C(C)=O)cc1CN[C@@H](C)C(=O)O. The highest BCUT2D eigenvalue weighted by Gasteiger charge is 2.12. The molecule has 5 nitrogen and oxygen atoms in total. The Labute approximate surface area is 112 Å². The van der Waals surface area contributed by atoms with Crippen LogP contribution in [-0.2, 0) is 11.3 Å². The summed E-state index contributed by atoms with van der Waals surface area (Å²) in [7, 11) is 0. The number of carboxylic acids is 1. The minimum Gasteiger partial charge on any atom is -0.494 e. The first kappa shape index (κ1) is 15.2. The van der Waals surface area contributed by atoms with E-state index in [9.17, 15) is 9.59 Å². The fourth-order valence-electron chi connectivity index (χ4n) is 1.58. The lowest BCUT2D eigenvalue weighted by atomic mass is 10.1. The molecule has 104 valence electrons. The van der Waals surface area contributed by atoms with Crippen LogP contribution in [0, 0.1) is 0 Å². The first-order chi connectivity index (χ1) is 8.95. The van der Waals surface area contributed by atoms with Crippen LogP contribution in [0.2, 0.25) is 0 Å². The van der Waals surface area contributed by atoms with Gasteiger partial charge in [-0.05, 0) is 39.0 Å². The fourth-order valence-corrected chi connectivity index (χ4v) is 1.58. The largest absolute Gasteiger partial charge is 0.494 e. The summed E-state index contributed by atoms with van der Waals surface area (Å²) < 4.78 is 5.47. The van der Waals surface area contributed by atoms with Crippen molar-refractivity contribution in [1.29, 1.82) is 0 Å². The molecule has 0 fully saturated rings. The number of nitrogens with one attached hydrogen (secondary N) is 1. The Morgan fingerprint density at radius 3 is 2.63 bits per heavy atom. The van der Waals surface area contributed by atoms with Gasteiger partial charge >= 0.3 is 5.97 Å². The number of hydrogen-bond donors (Lipinski definition) is 2. The first-order valence-electron chi connectivity index (χ1n) is 6.18. The van der Waals surface area contributed by atoms with Gasteiger partial charge < -0.3 is 15.2 Å². The van der Waals surface area contributed by atoms with E-state index >= 15 is 0 Å². The van der Waals surface area contributed by atoms with Gasteiger partial charge in [-0.2, -0.15) is 0 Å². The quantitative estimate of drug-likeness (QED) is 0.736. The smallest absolute Gasteiger partial charge is 0.320 e. The molecule has 1 aromatic carbocycles. The summed E-state index contributed by atoms with van der Waals surface area (Å²) in [5.74, 6) is -0.283. The molecule has 1 atom stereocenters. The standard InChI is InChI=1S/C14H19NO4/c1-4-19-13-6-5-11(10(3)16)7-12(13)8-15-9(2)14(17)18/h5-7,9,15H,4,8H2,1-3H3,(H,17,18)/t9-/m0/s1. The Bertz CT molecular complexity index is 471. The van der Waals surface area contributed by atoms with Gasteiger partial charge in [0.2, 0.25) is 0 Å². The molecule has 0 aliphatic rings. The summed E-state index contributed by atoms with van der Waals surface area (Å²) in [5.41, 5.74) is 1.37. The van der Waals surface area contributed by atoms with Crippen molar-refractivity contribution in [2.75, 3.05) is 6.61 Å². The summed E-state index contributed by atoms with van der Waals surface area (Å²) in [6, 6.07) is 4.52. The number of Topliss-reactive ketones (excluding diaryl/α,β-unsaturated/α-hetero) is 1. The van der Waals surface area contributed by atoms with E-state index in [0.717, 1.165) is 5.56 Å². The van der Waals surface area contributed by atoms with Crippen LogP contribution < -0.4 is 10.1 Å². The monoisotopic (exact) mass is 265 g/mol. The molecule has 0 aromatic heterocycles. The zero-order valence-electron chi connectivity index (χ0n) is 11.4. The average Bonchev–Trinajstić information content (AvgIpc) is 2.37. The van der Waals surface area contributed by atoms with Crippen molar-refractivity contribution < 1.29 is 19.4 Å². The van der Waals surface area contributed by atoms with Crippen LogP contribution in [0.4, 0.5) is 0 Å².